The minimum absolute atomic E-state index is 0.435. The molecule has 1 aromatic carbocycles. The minimum Gasteiger partial charge on any atom is -0.472 e. The lowest BCUT2D eigenvalue weighted by Gasteiger charge is -2.19. The molecule has 0 N–H and O–H groups in total. The van der Waals surface area contributed by atoms with E-state index < -0.39 is 0 Å². The lowest BCUT2D eigenvalue weighted by atomic mass is 9.84. The van der Waals surface area contributed by atoms with Crippen LogP contribution in [0.25, 0.3) is 0 Å². The summed E-state index contributed by atoms with van der Waals surface area (Å²) in [5.41, 5.74) is 2.62. The molecule has 1 aromatic heterocycles. The topological polar surface area (TPSA) is 13.1 Å². The Kier molecular flexibility index (Phi) is 2.91. The molecular weight excluding hydrogens is 184 g/mol. The number of furan rings is 1. The van der Waals surface area contributed by atoms with E-state index in [0.29, 0.717) is 11.8 Å². The molecule has 0 bridgehead atoms. The Bertz CT molecular complexity index is 387. The number of rotatable bonds is 3. The van der Waals surface area contributed by atoms with Crippen LogP contribution in [0.4, 0.5) is 0 Å². The third-order valence-electron chi connectivity index (χ3n) is 2.73. The van der Waals surface area contributed by atoms with Crippen LogP contribution >= 0.6 is 0 Å². The monoisotopic (exact) mass is 200 g/mol. The van der Waals surface area contributed by atoms with Crippen LogP contribution in [0.2, 0.25) is 0 Å². The average molecular weight is 200 g/mol. The third kappa shape index (κ3) is 2.12. The summed E-state index contributed by atoms with van der Waals surface area (Å²) in [6.07, 6.45) is 3.59. The van der Waals surface area contributed by atoms with Gasteiger partial charge in [0.1, 0.15) is 0 Å². The average Bonchev–Trinajstić information content (AvgIpc) is 2.72. The highest BCUT2D eigenvalue weighted by Crippen LogP contribution is 2.31. The third-order valence-corrected chi connectivity index (χ3v) is 2.73. The van der Waals surface area contributed by atoms with Gasteiger partial charge in [-0.1, -0.05) is 44.2 Å². The molecule has 0 aliphatic rings. The molecule has 0 fully saturated rings. The van der Waals surface area contributed by atoms with Crippen molar-refractivity contribution in [2.45, 2.75) is 19.8 Å². The maximum absolute atomic E-state index is 5.17. The molecule has 1 nitrogen and oxygen atoms in total. The quantitative estimate of drug-likeness (QED) is 0.728. The van der Waals surface area contributed by atoms with E-state index in [2.05, 4.69) is 50.2 Å². The van der Waals surface area contributed by atoms with Gasteiger partial charge < -0.3 is 4.42 Å². The molecule has 1 heteroatoms. The molecule has 0 aliphatic carbocycles. The van der Waals surface area contributed by atoms with Gasteiger partial charge in [0.15, 0.2) is 0 Å². The normalized spacial score (nSPS) is 13.0. The Hall–Kier alpha value is -1.50. The van der Waals surface area contributed by atoms with Gasteiger partial charge in [0, 0.05) is 5.92 Å². The summed E-state index contributed by atoms with van der Waals surface area (Å²) >= 11 is 0. The van der Waals surface area contributed by atoms with Crippen LogP contribution in [-0.4, -0.2) is 0 Å². The van der Waals surface area contributed by atoms with E-state index in [4.69, 9.17) is 4.42 Å². The molecule has 1 unspecified atom stereocenters. The van der Waals surface area contributed by atoms with Gasteiger partial charge in [0.25, 0.3) is 0 Å². The Morgan fingerprint density at radius 1 is 0.933 bits per heavy atom. The maximum Gasteiger partial charge on any atom is 0.0940 e. The maximum atomic E-state index is 5.17. The van der Waals surface area contributed by atoms with Crippen molar-refractivity contribution >= 4 is 0 Å². The second-order valence-electron chi connectivity index (χ2n) is 4.19. The van der Waals surface area contributed by atoms with Gasteiger partial charge in [-0.3, -0.25) is 0 Å². The standard InChI is InChI=1S/C14H16O/c1-11(2)14(13-8-9-15-10-13)12-6-4-3-5-7-12/h3-11,14H,1-2H3. The van der Waals surface area contributed by atoms with E-state index >= 15 is 0 Å². The van der Waals surface area contributed by atoms with Gasteiger partial charge in [0.05, 0.1) is 12.5 Å². The van der Waals surface area contributed by atoms with Crippen LogP contribution in [0.1, 0.15) is 30.9 Å². The van der Waals surface area contributed by atoms with Crippen molar-refractivity contribution in [1.29, 1.82) is 0 Å². The predicted molar refractivity (Wildman–Crippen MR) is 61.8 cm³/mol. The van der Waals surface area contributed by atoms with E-state index in [9.17, 15) is 0 Å². The van der Waals surface area contributed by atoms with E-state index in [1.54, 1.807) is 6.26 Å². The second kappa shape index (κ2) is 4.35. The van der Waals surface area contributed by atoms with Crippen LogP contribution in [-0.2, 0) is 0 Å². The van der Waals surface area contributed by atoms with Crippen molar-refractivity contribution in [1.82, 2.24) is 0 Å². The Balaban J connectivity index is 2.37. The van der Waals surface area contributed by atoms with Gasteiger partial charge in [-0.2, -0.15) is 0 Å². The van der Waals surface area contributed by atoms with Gasteiger partial charge in [-0.05, 0) is 23.1 Å². The van der Waals surface area contributed by atoms with Crippen LogP contribution in [0.15, 0.2) is 53.3 Å². The summed E-state index contributed by atoms with van der Waals surface area (Å²) in [5, 5.41) is 0. The lowest BCUT2D eigenvalue weighted by Crippen LogP contribution is -2.07. The molecule has 0 radical (unpaired) electrons. The van der Waals surface area contributed by atoms with E-state index in [0.717, 1.165) is 0 Å². The molecule has 2 rings (SSSR count). The van der Waals surface area contributed by atoms with Crippen molar-refractivity contribution < 1.29 is 4.42 Å². The molecule has 0 saturated heterocycles. The van der Waals surface area contributed by atoms with Crippen LogP contribution < -0.4 is 0 Å². The highest BCUT2D eigenvalue weighted by atomic mass is 16.3. The highest BCUT2D eigenvalue weighted by molar-refractivity contribution is 5.30. The summed E-state index contributed by atoms with van der Waals surface area (Å²) in [7, 11) is 0. The molecule has 0 amide bonds. The first-order valence-electron chi connectivity index (χ1n) is 5.36. The Morgan fingerprint density at radius 3 is 2.20 bits per heavy atom. The molecule has 78 valence electrons. The molecule has 2 aromatic rings. The Morgan fingerprint density at radius 2 is 1.67 bits per heavy atom. The fourth-order valence-corrected chi connectivity index (χ4v) is 2.07. The molecule has 0 aliphatic heterocycles. The Labute approximate surface area is 90.7 Å². The largest absolute Gasteiger partial charge is 0.472 e. The SMILES string of the molecule is CC(C)C(c1ccccc1)c1ccoc1. The van der Waals surface area contributed by atoms with E-state index in [-0.39, 0.29) is 0 Å². The van der Waals surface area contributed by atoms with Gasteiger partial charge in [0.2, 0.25) is 0 Å². The number of hydrogen-bond donors (Lipinski definition) is 0. The van der Waals surface area contributed by atoms with Crippen molar-refractivity contribution in [2.24, 2.45) is 5.92 Å². The summed E-state index contributed by atoms with van der Waals surface area (Å²) in [6, 6.07) is 12.6. The first-order valence-corrected chi connectivity index (χ1v) is 5.36. The van der Waals surface area contributed by atoms with E-state index in [1.165, 1.54) is 11.1 Å². The van der Waals surface area contributed by atoms with E-state index in [1.807, 2.05) is 6.26 Å². The van der Waals surface area contributed by atoms with Crippen molar-refractivity contribution in [3.63, 3.8) is 0 Å². The molecule has 0 spiro atoms. The lowest BCUT2D eigenvalue weighted by molar-refractivity contribution is 0.534. The molecule has 1 heterocycles. The summed E-state index contributed by atoms with van der Waals surface area (Å²) in [5.74, 6) is 1.01. The second-order valence-corrected chi connectivity index (χ2v) is 4.19. The zero-order valence-electron chi connectivity index (χ0n) is 9.18. The predicted octanol–water partition coefficient (Wildman–Crippen LogP) is 4.07. The number of hydrogen-bond acceptors (Lipinski definition) is 1. The zero-order chi connectivity index (χ0) is 10.7. The molecular formula is C14H16O. The highest BCUT2D eigenvalue weighted by Gasteiger charge is 2.18. The van der Waals surface area contributed by atoms with Gasteiger partial charge in [-0.25, -0.2) is 0 Å². The zero-order valence-corrected chi connectivity index (χ0v) is 9.18. The first kappa shape index (κ1) is 10.0. The number of benzene rings is 1. The van der Waals surface area contributed by atoms with Gasteiger partial charge >= 0.3 is 0 Å². The van der Waals surface area contributed by atoms with Crippen molar-refractivity contribution in [3.8, 4) is 0 Å². The van der Waals surface area contributed by atoms with Crippen molar-refractivity contribution in [2.75, 3.05) is 0 Å². The van der Waals surface area contributed by atoms with Crippen LogP contribution in [0.5, 0.6) is 0 Å². The summed E-state index contributed by atoms with van der Waals surface area (Å²) < 4.78 is 5.17. The first-order chi connectivity index (χ1) is 7.29. The smallest absolute Gasteiger partial charge is 0.0940 e. The molecule has 15 heavy (non-hydrogen) atoms. The van der Waals surface area contributed by atoms with Crippen LogP contribution in [0, 0.1) is 5.92 Å². The summed E-state index contributed by atoms with van der Waals surface area (Å²) in [6.45, 7) is 4.48. The molecule has 1 atom stereocenters. The van der Waals surface area contributed by atoms with Crippen molar-refractivity contribution in [3.05, 3.63) is 60.1 Å². The summed E-state index contributed by atoms with van der Waals surface area (Å²) in [4.78, 5) is 0. The van der Waals surface area contributed by atoms with Gasteiger partial charge in [-0.15, -0.1) is 0 Å². The fourth-order valence-electron chi connectivity index (χ4n) is 2.07. The minimum atomic E-state index is 0.435. The molecule has 0 saturated carbocycles. The van der Waals surface area contributed by atoms with Crippen LogP contribution in [0.3, 0.4) is 0 Å². The fraction of sp³-hybridized carbons (Fsp3) is 0.286.